The largest absolute Gasteiger partial charge is 0.489 e. The standard InChI is InChI=1S/C23H22O3/c1-23(17-26-23)20-12-21(24-15-18-8-4-2-5-9-18)14-22(13-20)25-16-19-10-6-3-7-11-19/h2-14H,15-17H2,1H3. The lowest BCUT2D eigenvalue weighted by Gasteiger charge is -2.14. The van der Waals surface area contributed by atoms with Crippen molar-refractivity contribution in [3.63, 3.8) is 0 Å². The van der Waals surface area contributed by atoms with Gasteiger partial charge < -0.3 is 14.2 Å². The van der Waals surface area contributed by atoms with Crippen molar-refractivity contribution in [1.29, 1.82) is 0 Å². The van der Waals surface area contributed by atoms with E-state index in [0.717, 1.165) is 34.8 Å². The van der Waals surface area contributed by atoms with E-state index >= 15 is 0 Å². The van der Waals surface area contributed by atoms with Crippen molar-refractivity contribution >= 4 is 0 Å². The molecule has 0 bridgehead atoms. The van der Waals surface area contributed by atoms with Crippen LogP contribution in [0.5, 0.6) is 11.5 Å². The van der Waals surface area contributed by atoms with Gasteiger partial charge in [-0.3, -0.25) is 0 Å². The number of hydrogen-bond acceptors (Lipinski definition) is 3. The molecule has 0 N–H and O–H groups in total. The minimum Gasteiger partial charge on any atom is -0.489 e. The lowest BCUT2D eigenvalue weighted by atomic mass is 10.0. The molecule has 0 aliphatic carbocycles. The highest BCUT2D eigenvalue weighted by molar-refractivity contribution is 5.42. The van der Waals surface area contributed by atoms with Crippen molar-refractivity contribution in [2.45, 2.75) is 25.7 Å². The molecule has 1 atom stereocenters. The molecule has 3 nitrogen and oxygen atoms in total. The number of ether oxygens (including phenoxy) is 3. The molecule has 1 heterocycles. The summed E-state index contributed by atoms with van der Waals surface area (Å²) in [6, 6.07) is 26.3. The van der Waals surface area contributed by atoms with Crippen LogP contribution < -0.4 is 9.47 Å². The highest BCUT2D eigenvalue weighted by atomic mass is 16.6. The van der Waals surface area contributed by atoms with E-state index in [2.05, 4.69) is 31.2 Å². The summed E-state index contributed by atoms with van der Waals surface area (Å²) in [5.41, 5.74) is 3.14. The van der Waals surface area contributed by atoms with Crippen molar-refractivity contribution in [3.05, 3.63) is 95.6 Å². The van der Waals surface area contributed by atoms with Gasteiger partial charge in [-0.15, -0.1) is 0 Å². The molecule has 3 aromatic rings. The second-order valence-corrected chi connectivity index (χ2v) is 6.76. The van der Waals surface area contributed by atoms with Crippen LogP contribution in [-0.2, 0) is 23.6 Å². The van der Waals surface area contributed by atoms with Crippen LogP contribution in [0.3, 0.4) is 0 Å². The van der Waals surface area contributed by atoms with Crippen LogP contribution in [0.15, 0.2) is 78.9 Å². The third-order valence-corrected chi connectivity index (χ3v) is 4.56. The number of benzene rings is 3. The lowest BCUT2D eigenvalue weighted by Crippen LogP contribution is -2.05. The van der Waals surface area contributed by atoms with Crippen LogP contribution >= 0.6 is 0 Å². The molecule has 0 saturated carbocycles. The molecule has 0 amide bonds. The molecule has 1 aliphatic rings. The molecule has 3 heteroatoms. The zero-order valence-corrected chi connectivity index (χ0v) is 14.9. The Morgan fingerprint density at radius 3 is 1.65 bits per heavy atom. The number of epoxide rings is 1. The number of hydrogen-bond donors (Lipinski definition) is 0. The summed E-state index contributed by atoms with van der Waals surface area (Å²) < 4.78 is 17.6. The molecule has 1 fully saturated rings. The lowest BCUT2D eigenvalue weighted by molar-refractivity contribution is 0.284. The zero-order chi connectivity index (χ0) is 17.8. The summed E-state index contributed by atoms with van der Waals surface area (Å²) in [6.45, 7) is 3.87. The van der Waals surface area contributed by atoms with E-state index in [1.807, 2.05) is 54.6 Å². The Balaban J connectivity index is 1.51. The highest BCUT2D eigenvalue weighted by Crippen LogP contribution is 2.41. The average Bonchev–Trinajstić information content (AvgIpc) is 3.45. The van der Waals surface area contributed by atoms with E-state index in [4.69, 9.17) is 14.2 Å². The molecular formula is C23H22O3. The molecule has 0 spiro atoms. The van der Waals surface area contributed by atoms with Crippen molar-refractivity contribution in [2.24, 2.45) is 0 Å². The van der Waals surface area contributed by atoms with Crippen LogP contribution in [-0.4, -0.2) is 6.61 Å². The maximum Gasteiger partial charge on any atom is 0.123 e. The summed E-state index contributed by atoms with van der Waals surface area (Å²) in [5, 5.41) is 0. The third-order valence-electron chi connectivity index (χ3n) is 4.56. The van der Waals surface area contributed by atoms with Crippen LogP contribution in [0.4, 0.5) is 0 Å². The predicted octanol–water partition coefficient (Wildman–Crippen LogP) is 5.09. The van der Waals surface area contributed by atoms with Gasteiger partial charge in [0.2, 0.25) is 0 Å². The van der Waals surface area contributed by atoms with Crippen molar-refractivity contribution in [3.8, 4) is 11.5 Å². The van der Waals surface area contributed by atoms with Gasteiger partial charge in [-0.2, -0.15) is 0 Å². The summed E-state index contributed by atoms with van der Waals surface area (Å²) >= 11 is 0. The Morgan fingerprint density at radius 1 is 0.769 bits per heavy atom. The van der Waals surface area contributed by atoms with Gasteiger partial charge in [0, 0.05) is 6.07 Å². The molecular weight excluding hydrogens is 324 g/mol. The first-order chi connectivity index (χ1) is 12.7. The molecule has 1 saturated heterocycles. The van der Waals surface area contributed by atoms with Gasteiger partial charge in [-0.05, 0) is 35.7 Å². The first kappa shape index (κ1) is 16.7. The van der Waals surface area contributed by atoms with Crippen LogP contribution in [0.1, 0.15) is 23.6 Å². The molecule has 132 valence electrons. The fraction of sp³-hybridized carbons (Fsp3) is 0.217. The predicted molar refractivity (Wildman–Crippen MR) is 101 cm³/mol. The first-order valence-electron chi connectivity index (χ1n) is 8.84. The monoisotopic (exact) mass is 346 g/mol. The smallest absolute Gasteiger partial charge is 0.123 e. The molecule has 0 radical (unpaired) electrons. The fourth-order valence-electron chi connectivity index (χ4n) is 2.80. The van der Waals surface area contributed by atoms with Crippen molar-refractivity contribution in [1.82, 2.24) is 0 Å². The fourth-order valence-corrected chi connectivity index (χ4v) is 2.80. The van der Waals surface area contributed by atoms with Crippen LogP contribution in [0.2, 0.25) is 0 Å². The Morgan fingerprint density at radius 2 is 1.23 bits per heavy atom. The normalized spacial score (nSPS) is 18.3. The van der Waals surface area contributed by atoms with E-state index in [-0.39, 0.29) is 5.60 Å². The highest BCUT2D eigenvalue weighted by Gasteiger charge is 2.41. The van der Waals surface area contributed by atoms with Gasteiger partial charge in [0.1, 0.15) is 30.3 Å². The van der Waals surface area contributed by atoms with Crippen LogP contribution in [0, 0.1) is 0 Å². The van der Waals surface area contributed by atoms with E-state index in [1.165, 1.54) is 0 Å². The van der Waals surface area contributed by atoms with Crippen molar-refractivity contribution in [2.75, 3.05) is 6.61 Å². The summed E-state index contributed by atoms with van der Waals surface area (Å²) in [5.74, 6) is 1.59. The van der Waals surface area contributed by atoms with Gasteiger partial charge in [0.05, 0.1) is 6.61 Å². The molecule has 3 aromatic carbocycles. The molecule has 1 unspecified atom stereocenters. The number of rotatable bonds is 7. The van der Waals surface area contributed by atoms with E-state index in [1.54, 1.807) is 0 Å². The van der Waals surface area contributed by atoms with Gasteiger partial charge in [-0.1, -0.05) is 60.7 Å². The van der Waals surface area contributed by atoms with E-state index in [9.17, 15) is 0 Å². The second kappa shape index (κ2) is 7.22. The zero-order valence-electron chi connectivity index (χ0n) is 14.9. The maximum absolute atomic E-state index is 6.01. The quantitative estimate of drug-likeness (QED) is 0.558. The van der Waals surface area contributed by atoms with Crippen LogP contribution in [0.25, 0.3) is 0 Å². The minimum atomic E-state index is -0.225. The summed E-state index contributed by atoms with van der Waals surface area (Å²) in [7, 11) is 0. The summed E-state index contributed by atoms with van der Waals surface area (Å²) in [4.78, 5) is 0. The Labute approximate surface area is 154 Å². The van der Waals surface area contributed by atoms with E-state index < -0.39 is 0 Å². The van der Waals surface area contributed by atoms with Gasteiger partial charge in [-0.25, -0.2) is 0 Å². The Bertz CT molecular complexity index is 793. The molecule has 0 aromatic heterocycles. The molecule has 1 aliphatic heterocycles. The van der Waals surface area contributed by atoms with Gasteiger partial charge >= 0.3 is 0 Å². The third kappa shape index (κ3) is 4.06. The SMILES string of the molecule is CC1(c2cc(OCc3ccccc3)cc(OCc3ccccc3)c2)CO1. The molecule has 26 heavy (non-hydrogen) atoms. The second-order valence-electron chi connectivity index (χ2n) is 6.76. The summed E-state index contributed by atoms with van der Waals surface area (Å²) in [6.07, 6.45) is 0. The molecule has 4 rings (SSSR count). The van der Waals surface area contributed by atoms with Gasteiger partial charge in [0.25, 0.3) is 0 Å². The average molecular weight is 346 g/mol. The topological polar surface area (TPSA) is 31.0 Å². The maximum atomic E-state index is 6.01. The Hall–Kier alpha value is -2.78. The Kier molecular flexibility index (Phi) is 4.63. The minimum absolute atomic E-state index is 0.225. The van der Waals surface area contributed by atoms with E-state index in [0.29, 0.717) is 13.2 Å². The first-order valence-corrected chi connectivity index (χ1v) is 8.84. The van der Waals surface area contributed by atoms with Gasteiger partial charge in [0.15, 0.2) is 0 Å². The van der Waals surface area contributed by atoms with Crippen molar-refractivity contribution < 1.29 is 14.2 Å².